The molecule has 3 N–H and O–H groups in total. The highest BCUT2D eigenvalue weighted by molar-refractivity contribution is 6.08. The van der Waals surface area contributed by atoms with Crippen molar-refractivity contribution in [3.8, 4) is 0 Å². The second-order valence-corrected chi connectivity index (χ2v) is 6.98. The molecule has 0 fully saturated rings. The molecule has 0 saturated heterocycles. The first-order valence-electron chi connectivity index (χ1n) is 8.91. The number of allylic oxidation sites excluding steroid dienone is 6. The number of carbonyl (C=O) groups excluding carboxylic acids is 2. The molecule has 5 heteroatoms. The van der Waals surface area contributed by atoms with E-state index in [4.69, 9.17) is 5.41 Å². The summed E-state index contributed by atoms with van der Waals surface area (Å²) in [5.74, 6) is -1.16. The van der Waals surface area contributed by atoms with Crippen molar-refractivity contribution in [2.75, 3.05) is 0 Å². The van der Waals surface area contributed by atoms with Crippen LogP contribution in [0.25, 0.3) is 0 Å². The summed E-state index contributed by atoms with van der Waals surface area (Å²) in [5, 5.41) is 12.2. The first kappa shape index (κ1) is 23.6. The Hall–Kier alpha value is -2.43. The summed E-state index contributed by atoms with van der Waals surface area (Å²) in [6.45, 7) is 11.8. The number of carbonyl (C=O) groups is 2. The average molecular weight is 360 g/mol. The molecule has 0 rings (SSSR count). The van der Waals surface area contributed by atoms with Gasteiger partial charge < -0.3 is 0 Å². The minimum Gasteiger partial charge on any atom is -0.293 e. The number of nitrogens with one attached hydrogen (secondary N) is 3. The van der Waals surface area contributed by atoms with Crippen LogP contribution in [0.15, 0.2) is 46.6 Å². The van der Waals surface area contributed by atoms with Gasteiger partial charge in [-0.15, -0.1) is 0 Å². The van der Waals surface area contributed by atoms with Gasteiger partial charge in [0.1, 0.15) is 0 Å². The van der Waals surface area contributed by atoms with Crippen LogP contribution in [-0.4, -0.2) is 17.8 Å². The number of hydrogen-bond acceptors (Lipinski definition) is 3. The van der Waals surface area contributed by atoms with Gasteiger partial charge in [-0.1, -0.05) is 34.4 Å². The van der Waals surface area contributed by atoms with E-state index in [0.29, 0.717) is 0 Å². The standard InChI is InChI=1S/C21H33N3O2/c1-15(2)9-7-10-17(5)11-8-12-18(6)14-20(26)24-21(22)23-19(25)13-16(3)4/h9,11,13-14H,7-8,10,12H2,1-6H3,(H3,22,23,24,25,26)/b17-11+,18-14+. The second-order valence-electron chi connectivity index (χ2n) is 6.98. The molecule has 0 radical (unpaired) electrons. The molecule has 0 aliphatic rings. The van der Waals surface area contributed by atoms with E-state index in [1.165, 1.54) is 23.3 Å². The van der Waals surface area contributed by atoms with E-state index in [2.05, 4.69) is 43.6 Å². The zero-order chi connectivity index (χ0) is 20.1. The molecule has 0 unspecified atom stereocenters. The minimum absolute atomic E-state index is 0.323. The number of hydrogen-bond donors (Lipinski definition) is 3. The fourth-order valence-electron chi connectivity index (χ4n) is 2.14. The molecular weight excluding hydrogens is 326 g/mol. The van der Waals surface area contributed by atoms with Gasteiger partial charge in [0.15, 0.2) is 0 Å². The topological polar surface area (TPSA) is 82.1 Å². The van der Waals surface area contributed by atoms with Crippen LogP contribution in [0, 0.1) is 5.41 Å². The molecule has 0 spiro atoms. The van der Waals surface area contributed by atoms with Crippen molar-refractivity contribution < 1.29 is 9.59 Å². The predicted molar refractivity (Wildman–Crippen MR) is 109 cm³/mol. The Morgan fingerprint density at radius 2 is 1.23 bits per heavy atom. The van der Waals surface area contributed by atoms with Crippen LogP contribution in [0.1, 0.15) is 67.2 Å². The fraction of sp³-hybridized carbons (Fsp3) is 0.476. The quantitative estimate of drug-likeness (QED) is 0.257. The lowest BCUT2D eigenvalue weighted by Crippen LogP contribution is -2.42. The zero-order valence-electron chi connectivity index (χ0n) is 17.0. The number of guanidine groups is 1. The molecule has 0 heterocycles. The fourth-order valence-corrected chi connectivity index (χ4v) is 2.14. The Morgan fingerprint density at radius 1 is 0.731 bits per heavy atom. The van der Waals surface area contributed by atoms with E-state index in [1.54, 1.807) is 13.8 Å². The molecule has 26 heavy (non-hydrogen) atoms. The highest BCUT2D eigenvalue weighted by Gasteiger charge is 2.05. The van der Waals surface area contributed by atoms with E-state index in [1.807, 2.05) is 6.92 Å². The lowest BCUT2D eigenvalue weighted by Gasteiger charge is -2.06. The normalized spacial score (nSPS) is 11.5. The molecule has 0 saturated carbocycles. The van der Waals surface area contributed by atoms with E-state index in [-0.39, 0.29) is 5.96 Å². The summed E-state index contributed by atoms with van der Waals surface area (Å²) in [4.78, 5) is 23.3. The van der Waals surface area contributed by atoms with Crippen molar-refractivity contribution in [1.29, 1.82) is 5.41 Å². The third-order valence-corrected chi connectivity index (χ3v) is 3.42. The lowest BCUT2D eigenvalue weighted by atomic mass is 10.1. The van der Waals surface area contributed by atoms with Crippen molar-refractivity contribution in [1.82, 2.24) is 10.6 Å². The highest BCUT2D eigenvalue weighted by Crippen LogP contribution is 2.11. The SMILES string of the molecule is CC(C)=CCC/C(C)=C/CC/C(C)=C/C(=O)NC(=N)NC(=O)C=C(C)C. The van der Waals surface area contributed by atoms with Crippen molar-refractivity contribution in [3.63, 3.8) is 0 Å². The maximum absolute atomic E-state index is 11.9. The summed E-state index contributed by atoms with van der Waals surface area (Å²) in [7, 11) is 0. The molecular formula is C21H33N3O2. The minimum atomic E-state index is -0.426. The molecule has 2 amide bonds. The van der Waals surface area contributed by atoms with Crippen LogP contribution >= 0.6 is 0 Å². The van der Waals surface area contributed by atoms with Gasteiger partial charge in [-0.05, 0) is 67.2 Å². The molecule has 144 valence electrons. The van der Waals surface area contributed by atoms with Crippen molar-refractivity contribution >= 4 is 17.8 Å². The first-order valence-corrected chi connectivity index (χ1v) is 8.91. The maximum atomic E-state index is 11.9. The molecule has 5 nitrogen and oxygen atoms in total. The number of amides is 2. The molecule has 0 aromatic heterocycles. The van der Waals surface area contributed by atoms with Crippen molar-refractivity contribution in [2.45, 2.75) is 67.2 Å². The summed E-state index contributed by atoms with van der Waals surface area (Å²) in [6, 6.07) is 0. The smallest absolute Gasteiger partial charge is 0.250 e. The Bertz CT molecular complexity index is 630. The Labute approximate surface area is 157 Å². The van der Waals surface area contributed by atoms with Gasteiger partial charge in [-0.3, -0.25) is 25.6 Å². The Balaban J connectivity index is 4.31. The summed E-state index contributed by atoms with van der Waals surface area (Å²) in [5.41, 5.74) is 4.44. The van der Waals surface area contributed by atoms with Crippen LogP contribution in [0.4, 0.5) is 0 Å². The highest BCUT2D eigenvalue weighted by atomic mass is 16.2. The zero-order valence-corrected chi connectivity index (χ0v) is 17.0. The van der Waals surface area contributed by atoms with E-state index < -0.39 is 11.8 Å². The third kappa shape index (κ3) is 14.0. The second kappa shape index (κ2) is 12.9. The van der Waals surface area contributed by atoms with Crippen molar-refractivity contribution in [3.05, 3.63) is 46.6 Å². The van der Waals surface area contributed by atoms with E-state index in [0.717, 1.165) is 36.8 Å². The molecule has 0 aromatic carbocycles. The summed E-state index contributed by atoms with van der Waals surface area (Å²) >= 11 is 0. The van der Waals surface area contributed by atoms with Gasteiger partial charge in [0.25, 0.3) is 11.8 Å². The largest absolute Gasteiger partial charge is 0.293 e. The van der Waals surface area contributed by atoms with Crippen LogP contribution in [0.5, 0.6) is 0 Å². The third-order valence-electron chi connectivity index (χ3n) is 3.42. The van der Waals surface area contributed by atoms with Gasteiger partial charge >= 0.3 is 0 Å². The van der Waals surface area contributed by atoms with Crippen LogP contribution < -0.4 is 10.6 Å². The van der Waals surface area contributed by atoms with Crippen LogP contribution in [0.2, 0.25) is 0 Å². The van der Waals surface area contributed by atoms with Gasteiger partial charge in [-0.25, -0.2) is 0 Å². The van der Waals surface area contributed by atoms with Gasteiger partial charge in [-0.2, -0.15) is 0 Å². The van der Waals surface area contributed by atoms with Crippen LogP contribution in [0.3, 0.4) is 0 Å². The predicted octanol–water partition coefficient (Wildman–Crippen LogP) is 4.54. The average Bonchev–Trinajstić information content (AvgIpc) is 2.44. The lowest BCUT2D eigenvalue weighted by molar-refractivity contribution is -0.115. The Kier molecular flexibility index (Phi) is 11.7. The number of rotatable bonds is 8. The van der Waals surface area contributed by atoms with E-state index in [9.17, 15) is 9.59 Å². The summed E-state index contributed by atoms with van der Waals surface area (Å²) in [6.07, 6.45) is 11.0. The monoisotopic (exact) mass is 359 g/mol. The molecule has 0 aromatic rings. The molecule has 0 aliphatic carbocycles. The molecule has 0 bridgehead atoms. The molecule has 0 aliphatic heterocycles. The summed E-state index contributed by atoms with van der Waals surface area (Å²) < 4.78 is 0. The van der Waals surface area contributed by atoms with Gasteiger partial charge in [0.2, 0.25) is 5.96 Å². The van der Waals surface area contributed by atoms with Gasteiger partial charge in [0.05, 0.1) is 0 Å². The van der Waals surface area contributed by atoms with E-state index >= 15 is 0 Å². The van der Waals surface area contributed by atoms with Crippen molar-refractivity contribution in [2.24, 2.45) is 0 Å². The Morgan fingerprint density at radius 3 is 1.77 bits per heavy atom. The van der Waals surface area contributed by atoms with Gasteiger partial charge in [0, 0.05) is 12.2 Å². The molecule has 0 atom stereocenters. The first-order chi connectivity index (χ1) is 12.1. The maximum Gasteiger partial charge on any atom is 0.250 e. The van der Waals surface area contributed by atoms with Crippen LogP contribution in [-0.2, 0) is 9.59 Å².